The third kappa shape index (κ3) is 3.91. The molecule has 1 aromatic carbocycles. The average Bonchev–Trinajstić information content (AvgIpc) is 3.03. The Morgan fingerprint density at radius 3 is 2.42 bits per heavy atom. The zero-order valence-corrected chi connectivity index (χ0v) is 16.6. The largest absolute Gasteiger partial charge is 0.336 e. The van der Waals surface area contributed by atoms with Gasteiger partial charge in [0.25, 0.3) is 5.91 Å². The zero-order valence-electron chi connectivity index (χ0n) is 15.8. The summed E-state index contributed by atoms with van der Waals surface area (Å²) < 4.78 is 1.68. The van der Waals surface area contributed by atoms with E-state index in [9.17, 15) is 4.79 Å². The number of benzene rings is 1. The highest BCUT2D eigenvalue weighted by molar-refractivity contribution is 6.30. The topological polar surface area (TPSA) is 54.3 Å². The predicted molar refractivity (Wildman–Crippen MR) is 103 cm³/mol. The van der Waals surface area contributed by atoms with E-state index in [1.165, 1.54) is 0 Å². The number of hydrogen-bond donors (Lipinski definition) is 0. The summed E-state index contributed by atoms with van der Waals surface area (Å²) in [4.78, 5) is 21.5. The summed E-state index contributed by atoms with van der Waals surface area (Å²) in [5.74, 6) is 0.800. The van der Waals surface area contributed by atoms with E-state index in [0.717, 1.165) is 31.6 Å². The fourth-order valence-corrected chi connectivity index (χ4v) is 3.55. The van der Waals surface area contributed by atoms with Gasteiger partial charge in [-0.3, -0.25) is 4.79 Å². The van der Waals surface area contributed by atoms with Crippen molar-refractivity contribution >= 4 is 17.5 Å². The Kier molecular flexibility index (Phi) is 5.63. The van der Waals surface area contributed by atoms with Crippen molar-refractivity contribution in [1.82, 2.24) is 24.6 Å². The number of rotatable bonds is 4. The summed E-state index contributed by atoms with van der Waals surface area (Å²) in [7, 11) is 1.86. The van der Waals surface area contributed by atoms with Crippen LogP contribution in [0.15, 0.2) is 24.3 Å². The SMILES string of the molecule is Cc1nc(C(=O)N(C)C2CCN(C(C)C)CC2)nn1-c1ccc(Cl)cc1. The quantitative estimate of drug-likeness (QED) is 0.823. The summed E-state index contributed by atoms with van der Waals surface area (Å²) in [5.41, 5.74) is 0.839. The monoisotopic (exact) mass is 375 g/mol. The molecule has 0 spiro atoms. The number of aryl methyl sites for hydroxylation is 1. The summed E-state index contributed by atoms with van der Waals surface area (Å²) in [6.07, 6.45) is 1.97. The summed E-state index contributed by atoms with van der Waals surface area (Å²) in [6.45, 7) is 8.31. The van der Waals surface area contributed by atoms with Crippen LogP contribution in [-0.4, -0.2) is 62.7 Å². The second-order valence-corrected chi connectivity index (χ2v) is 7.58. The molecule has 0 aliphatic carbocycles. The Hall–Kier alpha value is -1.92. The fraction of sp³-hybridized carbons (Fsp3) is 0.526. The van der Waals surface area contributed by atoms with E-state index in [4.69, 9.17) is 11.6 Å². The lowest BCUT2D eigenvalue weighted by atomic mass is 10.0. The molecule has 2 aromatic rings. The highest BCUT2D eigenvalue weighted by Crippen LogP contribution is 2.19. The van der Waals surface area contributed by atoms with Crippen LogP contribution >= 0.6 is 11.6 Å². The van der Waals surface area contributed by atoms with Gasteiger partial charge in [0.1, 0.15) is 5.82 Å². The van der Waals surface area contributed by atoms with Crippen LogP contribution in [0.2, 0.25) is 5.02 Å². The second-order valence-electron chi connectivity index (χ2n) is 7.15. The molecule has 1 aliphatic heterocycles. The standard InChI is InChI=1S/C19H26ClN5O/c1-13(2)24-11-9-16(10-12-24)23(4)19(26)18-21-14(3)25(22-18)17-7-5-15(20)6-8-17/h5-8,13,16H,9-12H2,1-4H3. The minimum atomic E-state index is -0.121. The van der Waals surface area contributed by atoms with Crippen molar-refractivity contribution < 1.29 is 4.79 Å². The molecular weight excluding hydrogens is 350 g/mol. The van der Waals surface area contributed by atoms with Gasteiger partial charge in [0.2, 0.25) is 5.82 Å². The Bertz CT molecular complexity index is 763. The minimum Gasteiger partial charge on any atom is -0.336 e. The maximum absolute atomic E-state index is 12.9. The molecule has 1 fully saturated rings. The molecular formula is C19H26ClN5O. The number of hydrogen-bond acceptors (Lipinski definition) is 4. The average molecular weight is 376 g/mol. The number of nitrogens with zero attached hydrogens (tertiary/aromatic N) is 5. The van der Waals surface area contributed by atoms with Crippen LogP contribution in [0.1, 0.15) is 43.1 Å². The molecule has 0 bridgehead atoms. The van der Waals surface area contributed by atoms with Crippen molar-refractivity contribution in [3.8, 4) is 5.69 Å². The lowest BCUT2D eigenvalue weighted by molar-refractivity contribution is 0.0604. The first-order valence-electron chi connectivity index (χ1n) is 9.07. The first-order chi connectivity index (χ1) is 12.4. The van der Waals surface area contributed by atoms with Gasteiger partial charge in [-0.15, -0.1) is 5.10 Å². The molecule has 0 saturated carbocycles. The number of aromatic nitrogens is 3. The van der Waals surface area contributed by atoms with Gasteiger partial charge < -0.3 is 9.80 Å². The van der Waals surface area contributed by atoms with Gasteiger partial charge in [0, 0.05) is 37.2 Å². The van der Waals surface area contributed by atoms with Crippen molar-refractivity contribution in [2.45, 2.75) is 45.7 Å². The van der Waals surface area contributed by atoms with Crippen LogP contribution in [0.25, 0.3) is 5.69 Å². The summed E-state index contributed by atoms with van der Waals surface area (Å²) in [6, 6.07) is 8.12. The molecule has 6 nitrogen and oxygen atoms in total. The van der Waals surface area contributed by atoms with E-state index in [2.05, 4.69) is 28.8 Å². The van der Waals surface area contributed by atoms with Crippen molar-refractivity contribution in [1.29, 1.82) is 0 Å². The highest BCUT2D eigenvalue weighted by atomic mass is 35.5. The van der Waals surface area contributed by atoms with Crippen LogP contribution in [0.5, 0.6) is 0 Å². The Morgan fingerprint density at radius 2 is 1.85 bits per heavy atom. The zero-order chi connectivity index (χ0) is 18.8. The maximum atomic E-state index is 12.9. The molecule has 3 rings (SSSR count). The minimum absolute atomic E-state index is 0.121. The van der Waals surface area contributed by atoms with Gasteiger partial charge in [-0.25, -0.2) is 9.67 Å². The molecule has 0 radical (unpaired) electrons. The molecule has 26 heavy (non-hydrogen) atoms. The number of carbonyl (C=O) groups is 1. The molecule has 0 N–H and O–H groups in total. The van der Waals surface area contributed by atoms with Crippen LogP contribution in [-0.2, 0) is 0 Å². The number of halogens is 1. The number of amides is 1. The van der Waals surface area contributed by atoms with E-state index in [1.807, 2.05) is 26.1 Å². The molecule has 1 saturated heterocycles. The summed E-state index contributed by atoms with van der Waals surface area (Å²) in [5, 5.41) is 5.09. The molecule has 7 heteroatoms. The second kappa shape index (κ2) is 7.76. The van der Waals surface area contributed by atoms with Crippen molar-refractivity contribution in [2.75, 3.05) is 20.1 Å². The predicted octanol–water partition coefficient (Wildman–Crippen LogP) is 3.17. The van der Waals surface area contributed by atoms with E-state index in [0.29, 0.717) is 16.9 Å². The van der Waals surface area contributed by atoms with Gasteiger partial charge in [-0.1, -0.05) is 11.6 Å². The van der Waals surface area contributed by atoms with Crippen molar-refractivity contribution in [3.05, 3.63) is 40.9 Å². The van der Waals surface area contributed by atoms with E-state index >= 15 is 0 Å². The number of piperidine rings is 1. The van der Waals surface area contributed by atoms with Crippen molar-refractivity contribution in [3.63, 3.8) is 0 Å². The highest BCUT2D eigenvalue weighted by Gasteiger charge is 2.29. The van der Waals surface area contributed by atoms with Crippen LogP contribution < -0.4 is 0 Å². The lowest BCUT2D eigenvalue weighted by Crippen LogP contribution is -2.47. The molecule has 1 aliphatic rings. The van der Waals surface area contributed by atoms with Gasteiger partial charge in [0.15, 0.2) is 0 Å². The van der Waals surface area contributed by atoms with Gasteiger partial charge in [-0.05, 0) is 57.9 Å². The summed E-state index contributed by atoms with van der Waals surface area (Å²) >= 11 is 5.94. The molecule has 0 atom stereocenters. The third-order valence-electron chi connectivity index (χ3n) is 5.13. The van der Waals surface area contributed by atoms with Gasteiger partial charge >= 0.3 is 0 Å². The van der Waals surface area contributed by atoms with Gasteiger partial charge in [0.05, 0.1) is 5.69 Å². The molecule has 0 unspecified atom stereocenters. The Morgan fingerprint density at radius 1 is 1.23 bits per heavy atom. The lowest BCUT2D eigenvalue weighted by Gasteiger charge is -2.38. The van der Waals surface area contributed by atoms with Crippen LogP contribution in [0.4, 0.5) is 0 Å². The third-order valence-corrected chi connectivity index (χ3v) is 5.38. The van der Waals surface area contributed by atoms with Gasteiger partial charge in [-0.2, -0.15) is 0 Å². The van der Waals surface area contributed by atoms with E-state index in [1.54, 1.807) is 21.7 Å². The fourth-order valence-electron chi connectivity index (χ4n) is 3.42. The first kappa shape index (κ1) is 18.9. The molecule has 1 amide bonds. The first-order valence-corrected chi connectivity index (χ1v) is 9.45. The molecule has 140 valence electrons. The molecule has 1 aromatic heterocycles. The smallest absolute Gasteiger partial charge is 0.293 e. The Labute approximate surface area is 159 Å². The number of carbonyl (C=O) groups excluding carboxylic acids is 1. The Balaban J connectivity index is 1.72. The van der Waals surface area contributed by atoms with E-state index < -0.39 is 0 Å². The molecule has 2 heterocycles. The van der Waals surface area contributed by atoms with Crippen molar-refractivity contribution in [2.24, 2.45) is 0 Å². The van der Waals surface area contributed by atoms with Crippen LogP contribution in [0, 0.1) is 6.92 Å². The normalized spacial score (nSPS) is 16.2. The van der Waals surface area contributed by atoms with E-state index in [-0.39, 0.29) is 17.8 Å². The number of likely N-dealkylation sites (tertiary alicyclic amines) is 1. The maximum Gasteiger partial charge on any atom is 0.293 e. The van der Waals surface area contributed by atoms with Crippen LogP contribution in [0.3, 0.4) is 0 Å².